The Balaban J connectivity index is 2.33. The van der Waals surface area contributed by atoms with Crippen LogP contribution in [0.2, 0.25) is 0 Å². The number of hydrogen-bond donors (Lipinski definition) is 1. The summed E-state index contributed by atoms with van der Waals surface area (Å²) in [7, 11) is 0. The Hall–Kier alpha value is -0.640. The molecular formula is C13H14INO. The normalized spacial score (nSPS) is 30.8. The number of nitrogens with two attached hydrogens (primary N) is 1. The van der Waals surface area contributed by atoms with E-state index in [1.54, 1.807) is 0 Å². The van der Waals surface area contributed by atoms with Crippen molar-refractivity contribution >= 4 is 28.5 Å². The molecule has 0 aromatic rings. The van der Waals surface area contributed by atoms with E-state index in [1.807, 2.05) is 5.94 Å². The van der Waals surface area contributed by atoms with Crippen LogP contribution in [0.4, 0.5) is 0 Å². The van der Waals surface area contributed by atoms with Crippen molar-refractivity contribution in [1.29, 1.82) is 0 Å². The van der Waals surface area contributed by atoms with Gasteiger partial charge in [-0.25, -0.2) is 4.79 Å². The first-order valence-electron chi connectivity index (χ1n) is 5.42. The lowest BCUT2D eigenvalue weighted by molar-refractivity contribution is 0.566. The van der Waals surface area contributed by atoms with Crippen LogP contribution in [-0.4, -0.2) is 12.0 Å². The standard InChI is InChI=1S/C13H14INO/c14-12-4-9(8-16)2-1-3-10-6-13(15)7-11(10)5-12/h1,3,5,13H,2,4,6-7,15H2/b3-1+,12-5-. The SMILES string of the molecule is NC1CC2=C(/C=C/CC(=C=O)C/C(I)=C/2)C1. The fraction of sp³-hybridized carbons (Fsp3) is 0.385. The van der Waals surface area contributed by atoms with E-state index in [4.69, 9.17) is 5.73 Å². The van der Waals surface area contributed by atoms with Crippen molar-refractivity contribution in [3.63, 3.8) is 0 Å². The van der Waals surface area contributed by atoms with Gasteiger partial charge in [0, 0.05) is 18.0 Å². The predicted molar refractivity (Wildman–Crippen MR) is 73.9 cm³/mol. The Labute approximate surface area is 109 Å². The first-order valence-corrected chi connectivity index (χ1v) is 6.50. The van der Waals surface area contributed by atoms with Crippen molar-refractivity contribution < 1.29 is 4.79 Å². The molecule has 3 heteroatoms. The average molecular weight is 327 g/mol. The molecule has 0 saturated carbocycles. The first-order chi connectivity index (χ1) is 7.69. The largest absolute Gasteiger partial charge is 0.327 e. The zero-order valence-electron chi connectivity index (χ0n) is 9.00. The lowest BCUT2D eigenvalue weighted by Crippen LogP contribution is -2.15. The minimum atomic E-state index is 0.260. The number of rotatable bonds is 0. The summed E-state index contributed by atoms with van der Waals surface area (Å²) in [6, 6.07) is 0.260. The van der Waals surface area contributed by atoms with E-state index >= 15 is 0 Å². The summed E-state index contributed by atoms with van der Waals surface area (Å²) in [5.74, 6) is 2.03. The van der Waals surface area contributed by atoms with Crippen molar-refractivity contribution in [3.8, 4) is 0 Å². The molecule has 0 bridgehead atoms. The lowest BCUT2D eigenvalue weighted by Gasteiger charge is -2.01. The third kappa shape index (κ3) is 2.73. The van der Waals surface area contributed by atoms with Crippen LogP contribution in [0.25, 0.3) is 0 Å². The molecule has 2 N–H and O–H groups in total. The molecule has 0 aliphatic heterocycles. The highest BCUT2D eigenvalue weighted by Crippen LogP contribution is 2.32. The second kappa shape index (κ2) is 5.13. The van der Waals surface area contributed by atoms with Gasteiger partial charge >= 0.3 is 0 Å². The fourth-order valence-corrected chi connectivity index (χ4v) is 3.00. The van der Waals surface area contributed by atoms with E-state index in [0.717, 1.165) is 24.8 Å². The summed E-state index contributed by atoms with van der Waals surface area (Å²) in [6.07, 6.45) is 9.67. The van der Waals surface area contributed by atoms with Crippen molar-refractivity contribution in [3.05, 3.63) is 38.5 Å². The molecule has 0 radical (unpaired) electrons. The third-order valence-corrected chi connectivity index (χ3v) is 3.61. The van der Waals surface area contributed by atoms with E-state index < -0.39 is 0 Å². The molecule has 0 spiro atoms. The van der Waals surface area contributed by atoms with E-state index in [-0.39, 0.29) is 6.04 Å². The maximum absolute atomic E-state index is 10.7. The molecule has 0 fully saturated rings. The van der Waals surface area contributed by atoms with E-state index in [0.29, 0.717) is 6.42 Å². The molecule has 2 aliphatic rings. The Kier molecular flexibility index (Phi) is 3.79. The molecule has 1 atom stereocenters. The molecule has 0 saturated heterocycles. The number of allylic oxidation sites excluding steroid dienone is 5. The maximum atomic E-state index is 10.7. The van der Waals surface area contributed by atoms with Crippen LogP contribution in [0.5, 0.6) is 0 Å². The van der Waals surface area contributed by atoms with Gasteiger partial charge in [0.05, 0.1) is 0 Å². The molecule has 0 amide bonds. The van der Waals surface area contributed by atoms with Crippen LogP contribution in [-0.2, 0) is 4.79 Å². The Morgan fingerprint density at radius 3 is 2.88 bits per heavy atom. The number of hydrogen-bond acceptors (Lipinski definition) is 2. The van der Waals surface area contributed by atoms with Gasteiger partial charge in [-0.15, -0.1) is 0 Å². The molecule has 1 unspecified atom stereocenters. The molecule has 0 aromatic carbocycles. The monoisotopic (exact) mass is 327 g/mol. The first kappa shape index (κ1) is 11.8. The summed E-state index contributed by atoms with van der Waals surface area (Å²) < 4.78 is 1.20. The highest BCUT2D eigenvalue weighted by atomic mass is 127. The highest BCUT2D eigenvalue weighted by Gasteiger charge is 2.19. The molecule has 0 heterocycles. The second-order valence-corrected chi connectivity index (χ2v) is 5.68. The van der Waals surface area contributed by atoms with Crippen molar-refractivity contribution in [1.82, 2.24) is 0 Å². The van der Waals surface area contributed by atoms with Gasteiger partial charge in [0.15, 0.2) is 0 Å². The summed E-state index contributed by atoms with van der Waals surface area (Å²) in [4.78, 5) is 10.7. The zero-order valence-corrected chi connectivity index (χ0v) is 11.2. The number of carbonyl (C=O) groups excluding carboxylic acids is 1. The molecule has 0 aromatic heterocycles. The van der Waals surface area contributed by atoms with Gasteiger partial charge in [-0.3, -0.25) is 0 Å². The van der Waals surface area contributed by atoms with Gasteiger partial charge in [0.1, 0.15) is 5.94 Å². The molecule has 84 valence electrons. The maximum Gasteiger partial charge on any atom is 0.124 e. The quantitative estimate of drug-likeness (QED) is 0.549. The smallest absolute Gasteiger partial charge is 0.124 e. The Morgan fingerprint density at radius 2 is 2.12 bits per heavy atom. The molecule has 2 aliphatic carbocycles. The minimum Gasteiger partial charge on any atom is -0.327 e. The van der Waals surface area contributed by atoms with Crippen molar-refractivity contribution in [2.75, 3.05) is 0 Å². The van der Waals surface area contributed by atoms with Crippen LogP contribution in [0.3, 0.4) is 0 Å². The summed E-state index contributed by atoms with van der Waals surface area (Å²) in [6.45, 7) is 0. The molecular weight excluding hydrogens is 313 g/mol. The molecule has 2 nitrogen and oxygen atoms in total. The predicted octanol–water partition coefficient (Wildman–Crippen LogP) is 2.83. The summed E-state index contributed by atoms with van der Waals surface area (Å²) in [5, 5.41) is 0. The van der Waals surface area contributed by atoms with Crippen molar-refractivity contribution in [2.45, 2.75) is 31.7 Å². The van der Waals surface area contributed by atoms with Gasteiger partial charge in [-0.05, 0) is 62.7 Å². The van der Waals surface area contributed by atoms with E-state index in [9.17, 15) is 4.79 Å². The molecule has 16 heavy (non-hydrogen) atoms. The van der Waals surface area contributed by atoms with E-state index in [2.05, 4.69) is 40.8 Å². The third-order valence-electron chi connectivity index (χ3n) is 2.92. The van der Waals surface area contributed by atoms with Crippen LogP contribution in [0.1, 0.15) is 25.7 Å². The summed E-state index contributed by atoms with van der Waals surface area (Å²) in [5.41, 5.74) is 9.44. The Bertz CT molecular complexity index is 439. The van der Waals surface area contributed by atoms with Gasteiger partial charge in [-0.1, -0.05) is 12.2 Å². The van der Waals surface area contributed by atoms with Gasteiger partial charge in [0.25, 0.3) is 0 Å². The van der Waals surface area contributed by atoms with Crippen LogP contribution < -0.4 is 5.73 Å². The summed E-state index contributed by atoms with van der Waals surface area (Å²) >= 11 is 2.30. The van der Waals surface area contributed by atoms with Crippen molar-refractivity contribution in [2.24, 2.45) is 5.73 Å². The zero-order chi connectivity index (χ0) is 11.5. The van der Waals surface area contributed by atoms with Crippen LogP contribution in [0, 0.1) is 0 Å². The fourth-order valence-electron chi connectivity index (χ4n) is 2.16. The molecule has 2 rings (SSSR count). The van der Waals surface area contributed by atoms with Gasteiger partial charge < -0.3 is 5.73 Å². The van der Waals surface area contributed by atoms with E-state index in [1.165, 1.54) is 14.7 Å². The second-order valence-electron chi connectivity index (χ2n) is 4.30. The topological polar surface area (TPSA) is 43.1 Å². The highest BCUT2D eigenvalue weighted by molar-refractivity contribution is 14.1. The average Bonchev–Trinajstić information content (AvgIpc) is 2.58. The number of halogens is 1. The lowest BCUT2D eigenvalue weighted by atomic mass is 10.1. The van der Waals surface area contributed by atoms with Gasteiger partial charge in [0.2, 0.25) is 0 Å². The van der Waals surface area contributed by atoms with Gasteiger partial charge in [-0.2, -0.15) is 0 Å². The van der Waals surface area contributed by atoms with Crippen LogP contribution >= 0.6 is 22.6 Å². The Morgan fingerprint density at radius 1 is 1.38 bits per heavy atom. The minimum absolute atomic E-state index is 0.260. The van der Waals surface area contributed by atoms with Crippen LogP contribution in [0.15, 0.2) is 38.5 Å².